The van der Waals surface area contributed by atoms with Crippen molar-refractivity contribution in [3.63, 3.8) is 0 Å². The Bertz CT molecular complexity index is 383. The van der Waals surface area contributed by atoms with Gasteiger partial charge in [0.2, 0.25) is 5.91 Å². The second-order valence-electron chi connectivity index (χ2n) is 6.73. The van der Waals surface area contributed by atoms with Crippen molar-refractivity contribution < 1.29 is 9.53 Å². The predicted octanol–water partition coefficient (Wildman–Crippen LogP) is 0.0600. The zero-order valence-corrected chi connectivity index (χ0v) is 12.1. The number of ether oxygens (including phenoxy) is 1. The van der Waals surface area contributed by atoms with Gasteiger partial charge in [-0.2, -0.15) is 0 Å². The van der Waals surface area contributed by atoms with Gasteiger partial charge < -0.3 is 15.0 Å². The minimum Gasteiger partial charge on any atom is -0.374 e. The molecule has 4 atom stereocenters. The second kappa shape index (κ2) is 5.28. The minimum absolute atomic E-state index is 0.163. The molecule has 4 unspecified atom stereocenters. The smallest absolute Gasteiger partial charge is 0.228 e. The highest BCUT2D eigenvalue weighted by atomic mass is 16.5. The summed E-state index contributed by atoms with van der Waals surface area (Å²) in [6, 6.07) is 0.584. The first kappa shape index (κ1) is 13.0. The molecule has 4 aliphatic rings. The number of fused-ring (bicyclic) bond motifs is 2. The van der Waals surface area contributed by atoms with Crippen LogP contribution in [0.4, 0.5) is 0 Å². The maximum atomic E-state index is 12.7. The number of hydrogen-bond donors (Lipinski definition) is 1. The fourth-order valence-electron chi connectivity index (χ4n) is 4.42. The number of carbonyl (C=O) groups is 1. The fraction of sp³-hybridized carbons (Fsp3) is 0.933. The number of carbonyl (C=O) groups excluding carboxylic acids is 1. The lowest BCUT2D eigenvalue weighted by Gasteiger charge is -2.33. The lowest BCUT2D eigenvalue weighted by atomic mass is 9.88. The molecule has 4 rings (SSSR count). The van der Waals surface area contributed by atoms with Gasteiger partial charge in [-0.15, -0.1) is 0 Å². The summed E-state index contributed by atoms with van der Waals surface area (Å²) in [7, 11) is 0. The van der Waals surface area contributed by atoms with E-state index in [1.165, 1.54) is 0 Å². The summed E-state index contributed by atoms with van der Waals surface area (Å²) in [6.45, 7) is 6.32. The van der Waals surface area contributed by atoms with Crippen molar-refractivity contribution in [3.8, 4) is 0 Å². The van der Waals surface area contributed by atoms with Gasteiger partial charge in [0.25, 0.3) is 0 Å². The first-order valence-electron chi connectivity index (χ1n) is 8.20. The average Bonchev–Trinajstić information content (AvgIpc) is 3.23. The zero-order valence-electron chi connectivity index (χ0n) is 12.1. The topological polar surface area (TPSA) is 44.8 Å². The third-order valence-corrected chi connectivity index (χ3v) is 5.57. The van der Waals surface area contributed by atoms with E-state index in [0.717, 1.165) is 65.0 Å². The predicted molar refractivity (Wildman–Crippen MR) is 75.4 cm³/mol. The summed E-state index contributed by atoms with van der Waals surface area (Å²) in [5.41, 5.74) is 0. The van der Waals surface area contributed by atoms with E-state index in [1.54, 1.807) is 0 Å². The molecule has 4 heterocycles. The van der Waals surface area contributed by atoms with Gasteiger partial charge in [-0.05, 0) is 25.7 Å². The monoisotopic (exact) mass is 279 g/mol. The van der Waals surface area contributed by atoms with Gasteiger partial charge >= 0.3 is 0 Å². The Hall–Kier alpha value is -0.650. The Morgan fingerprint density at radius 3 is 2.65 bits per heavy atom. The number of nitrogens with zero attached hydrogens (tertiary/aromatic N) is 2. The van der Waals surface area contributed by atoms with Gasteiger partial charge in [0.1, 0.15) is 0 Å². The molecule has 5 nitrogen and oxygen atoms in total. The molecule has 2 bridgehead atoms. The van der Waals surface area contributed by atoms with Crippen LogP contribution in [0, 0.1) is 5.92 Å². The quantitative estimate of drug-likeness (QED) is 0.776. The molecule has 0 radical (unpaired) electrons. The Morgan fingerprint density at radius 1 is 1.10 bits per heavy atom. The maximum absolute atomic E-state index is 12.7. The Labute approximate surface area is 120 Å². The van der Waals surface area contributed by atoms with Crippen LogP contribution >= 0.6 is 0 Å². The highest BCUT2D eigenvalue weighted by molar-refractivity contribution is 5.80. The van der Waals surface area contributed by atoms with Crippen LogP contribution in [0.15, 0.2) is 0 Å². The largest absolute Gasteiger partial charge is 0.374 e. The van der Waals surface area contributed by atoms with Gasteiger partial charge in [-0.25, -0.2) is 0 Å². The highest BCUT2D eigenvalue weighted by Gasteiger charge is 2.46. The van der Waals surface area contributed by atoms with Crippen molar-refractivity contribution in [1.82, 2.24) is 15.1 Å². The Kier molecular flexibility index (Phi) is 3.44. The lowest BCUT2D eigenvalue weighted by Crippen LogP contribution is -2.49. The van der Waals surface area contributed by atoms with E-state index < -0.39 is 0 Å². The molecule has 0 spiro atoms. The molecule has 1 N–H and O–H groups in total. The van der Waals surface area contributed by atoms with Crippen LogP contribution in [0.3, 0.4) is 0 Å². The Balaban J connectivity index is 1.34. The third kappa shape index (κ3) is 2.26. The molecule has 4 saturated heterocycles. The minimum atomic E-state index is 0.163. The summed E-state index contributed by atoms with van der Waals surface area (Å²) in [5.74, 6) is 0.533. The van der Waals surface area contributed by atoms with Crippen LogP contribution in [0.2, 0.25) is 0 Å². The van der Waals surface area contributed by atoms with Crippen molar-refractivity contribution >= 4 is 5.91 Å². The van der Waals surface area contributed by atoms with Crippen molar-refractivity contribution in [2.75, 3.05) is 39.3 Å². The molecule has 0 saturated carbocycles. The summed E-state index contributed by atoms with van der Waals surface area (Å²) < 4.78 is 5.84. The lowest BCUT2D eigenvalue weighted by molar-refractivity contribution is -0.136. The number of nitrogens with one attached hydrogen (secondary N) is 1. The molecule has 0 aromatic heterocycles. The molecular formula is C15H25N3O2. The molecule has 0 aromatic carbocycles. The van der Waals surface area contributed by atoms with Crippen LogP contribution in [0.1, 0.15) is 25.7 Å². The van der Waals surface area contributed by atoms with Gasteiger partial charge in [0, 0.05) is 45.3 Å². The molecule has 112 valence electrons. The SMILES string of the molecule is O=C(C1CC2CCC1O2)N1CCC(N2CCNCC2)C1. The number of piperazine rings is 1. The van der Waals surface area contributed by atoms with Gasteiger partial charge in [0.15, 0.2) is 0 Å². The van der Waals surface area contributed by atoms with E-state index in [-0.39, 0.29) is 12.0 Å². The molecule has 5 heteroatoms. The number of rotatable bonds is 2. The Morgan fingerprint density at radius 2 is 1.95 bits per heavy atom. The highest BCUT2D eigenvalue weighted by Crippen LogP contribution is 2.40. The van der Waals surface area contributed by atoms with E-state index in [0.29, 0.717) is 18.1 Å². The third-order valence-electron chi connectivity index (χ3n) is 5.57. The van der Waals surface area contributed by atoms with Crippen LogP contribution in [-0.4, -0.2) is 73.2 Å². The van der Waals surface area contributed by atoms with E-state index in [1.807, 2.05) is 0 Å². The van der Waals surface area contributed by atoms with Gasteiger partial charge in [0.05, 0.1) is 18.1 Å². The maximum Gasteiger partial charge on any atom is 0.228 e. The first-order chi connectivity index (χ1) is 9.81. The van der Waals surface area contributed by atoms with E-state index >= 15 is 0 Å². The van der Waals surface area contributed by atoms with Crippen molar-refractivity contribution in [3.05, 3.63) is 0 Å². The summed E-state index contributed by atoms with van der Waals surface area (Å²) in [6.07, 6.45) is 4.98. The van der Waals surface area contributed by atoms with Crippen molar-refractivity contribution in [2.24, 2.45) is 5.92 Å². The van der Waals surface area contributed by atoms with Crippen molar-refractivity contribution in [2.45, 2.75) is 43.9 Å². The fourth-order valence-corrected chi connectivity index (χ4v) is 4.42. The van der Waals surface area contributed by atoms with Crippen LogP contribution < -0.4 is 5.32 Å². The van der Waals surface area contributed by atoms with Crippen LogP contribution in [-0.2, 0) is 9.53 Å². The number of amides is 1. The summed E-state index contributed by atoms with van der Waals surface area (Å²) in [4.78, 5) is 17.4. The van der Waals surface area contributed by atoms with E-state index in [9.17, 15) is 4.79 Å². The normalized spacial score (nSPS) is 41.5. The number of likely N-dealkylation sites (tertiary alicyclic amines) is 1. The van der Waals surface area contributed by atoms with Gasteiger partial charge in [-0.3, -0.25) is 9.69 Å². The number of hydrogen-bond acceptors (Lipinski definition) is 4. The zero-order chi connectivity index (χ0) is 13.5. The van der Waals surface area contributed by atoms with Gasteiger partial charge in [-0.1, -0.05) is 0 Å². The molecule has 4 fully saturated rings. The van der Waals surface area contributed by atoms with Crippen LogP contribution in [0.25, 0.3) is 0 Å². The first-order valence-corrected chi connectivity index (χ1v) is 8.20. The molecule has 0 aromatic rings. The van der Waals surface area contributed by atoms with E-state index in [2.05, 4.69) is 15.1 Å². The average molecular weight is 279 g/mol. The second-order valence-corrected chi connectivity index (χ2v) is 6.73. The molecule has 4 aliphatic heterocycles. The van der Waals surface area contributed by atoms with Crippen molar-refractivity contribution in [1.29, 1.82) is 0 Å². The molecule has 20 heavy (non-hydrogen) atoms. The molecule has 1 amide bonds. The molecule has 0 aliphatic carbocycles. The standard InChI is InChI=1S/C15H25N3O2/c19-15(13-9-12-1-2-14(13)20-12)18-6-3-11(10-18)17-7-4-16-5-8-17/h11-14,16H,1-10H2. The van der Waals surface area contributed by atoms with E-state index in [4.69, 9.17) is 4.74 Å². The summed E-state index contributed by atoms with van der Waals surface area (Å²) in [5, 5.41) is 3.40. The van der Waals surface area contributed by atoms with Crippen LogP contribution in [0.5, 0.6) is 0 Å². The molecular weight excluding hydrogens is 254 g/mol. The summed E-state index contributed by atoms with van der Waals surface area (Å²) >= 11 is 0.